The molecule has 1 atom stereocenters. The monoisotopic (exact) mass is 426 g/mol. The van der Waals surface area contributed by atoms with E-state index in [4.69, 9.17) is 0 Å². The second-order valence-electron chi connectivity index (χ2n) is 6.01. The molecule has 0 saturated heterocycles. The molecule has 0 saturated carbocycles. The Morgan fingerprint density at radius 2 is 1.89 bits per heavy atom. The first-order chi connectivity index (χ1) is 13.2. The lowest BCUT2D eigenvalue weighted by atomic mass is 10.2. The predicted molar refractivity (Wildman–Crippen MR) is 102 cm³/mol. The van der Waals surface area contributed by atoms with Crippen molar-refractivity contribution in [2.24, 2.45) is 0 Å². The van der Waals surface area contributed by atoms with Crippen LogP contribution in [-0.4, -0.2) is 42.1 Å². The molecule has 1 N–H and O–H groups in total. The van der Waals surface area contributed by atoms with Crippen LogP contribution in [-0.2, 0) is 14.8 Å². The molecule has 0 aliphatic carbocycles. The second kappa shape index (κ2) is 7.88. The number of amides is 2. The van der Waals surface area contributed by atoms with Gasteiger partial charge in [-0.2, -0.15) is 0 Å². The van der Waals surface area contributed by atoms with Gasteiger partial charge in [-0.05, 0) is 31.2 Å². The lowest BCUT2D eigenvalue weighted by molar-refractivity contribution is -0.115. The maximum atomic E-state index is 13.2. The number of halogens is 2. The van der Waals surface area contributed by atoms with Gasteiger partial charge in [0.2, 0.25) is 5.91 Å². The van der Waals surface area contributed by atoms with Crippen molar-refractivity contribution in [2.75, 3.05) is 17.6 Å². The summed E-state index contributed by atoms with van der Waals surface area (Å²) in [4.78, 5) is 24.5. The topological polar surface area (TPSA) is 83.6 Å². The van der Waals surface area contributed by atoms with Gasteiger partial charge in [-0.1, -0.05) is 12.1 Å². The van der Waals surface area contributed by atoms with Crippen LogP contribution in [0.3, 0.4) is 0 Å². The number of hydrogen-bond donors (Lipinski definition) is 1. The van der Waals surface area contributed by atoms with Crippen molar-refractivity contribution in [3.63, 3.8) is 0 Å². The van der Waals surface area contributed by atoms with E-state index in [1.165, 1.54) is 18.2 Å². The first-order valence-electron chi connectivity index (χ1n) is 8.25. The van der Waals surface area contributed by atoms with Gasteiger partial charge in [-0.15, -0.1) is 11.8 Å². The van der Waals surface area contributed by atoms with Crippen molar-refractivity contribution >= 4 is 39.3 Å². The molecule has 10 heteroatoms. The number of carbonyl (C=O) groups is 2. The number of anilines is 1. The molecule has 0 fully saturated rings. The highest BCUT2D eigenvalue weighted by Crippen LogP contribution is 2.30. The summed E-state index contributed by atoms with van der Waals surface area (Å²) in [6.45, 7) is 1.51. The number of benzene rings is 2. The molecule has 2 amide bonds. The van der Waals surface area contributed by atoms with Crippen LogP contribution in [0.5, 0.6) is 0 Å². The average Bonchev–Trinajstić information content (AvgIpc) is 2.85. The van der Waals surface area contributed by atoms with Gasteiger partial charge < -0.3 is 5.32 Å². The van der Waals surface area contributed by atoms with Gasteiger partial charge in [0, 0.05) is 24.1 Å². The van der Waals surface area contributed by atoms with E-state index >= 15 is 0 Å². The zero-order valence-corrected chi connectivity index (χ0v) is 16.3. The predicted octanol–water partition coefficient (Wildman–Crippen LogP) is 2.87. The summed E-state index contributed by atoms with van der Waals surface area (Å²) < 4.78 is 51.8. The third-order valence-electron chi connectivity index (χ3n) is 4.13. The summed E-state index contributed by atoms with van der Waals surface area (Å²) in [6.07, 6.45) is 0. The largest absolute Gasteiger partial charge is 0.325 e. The number of carbonyl (C=O) groups excluding carboxylic acids is 2. The van der Waals surface area contributed by atoms with Crippen molar-refractivity contribution in [3.05, 3.63) is 59.7 Å². The number of rotatable bonds is 6. The SMILES string of the molecule is CC(SCCN1C(=O)c2ccccc2S1(=O)=O)C(=O)Nc1ccc(F)c(F)c1. The molecule has 28 heavy (non-hydrogen) atoms. The van der Waals surface area contributed by atoms with Gasteiger partial charge in [0.05, 0.1) is 10.8 Å². The van der Waals surface area contributed by atoms with E-state index in [0.29, 0.717) is 0 Å². The molecule has 1 unspecified atom stereocenters. The standard InChI is InChI=1S/C18H16F2N2O4S2/c1-11(17(23)21-12-6-7-14(19)15(20)10-12)27-9-8-22-18(24)13-4-2-3-5-16(13)28(22,25)26/h2-7,10-11H,8-9H2,1H3,(H,21,23). The molecular weight excluding hydrogens is 410 g/mol. The van der Waals surface area contributed by atoms with Crippen LogP contribution >= 0.6 is 11.8 Å². The Morgan fingerprint density at radius 1 is 1.18 bits per heavy atom. The van der Waals surface area contributed by atoms with E-state index in [2.05, 4.69) is 5.32 Å². The lowest BCUT2D eigenvalue weighted by Crippen LogP contribution is -2.33. The number of nitrogens with zero attached hydrogens (tertiary/aromatic N) is 1. The lowest BCUT2D eigenvalue weighted by Gasteiger charge is -2.17. The number of hydrogen-bond acceptors (Lipinski definition) is 5. The van der Waals surface area contributed by atoms with Gasteiger partial charge in [-0.25, -0.2) is 21.5 Å². The molecule has 3 rings (SSSR count). The van der Waals surface area contributed by atoms with Crippen LogP contribution in [0.25, 0.3) is 0 Å². The van der Waals surface area contributed by atoms with Crippen LogP contribution in [0.4, 0.5) is 14.5 Å². The Labute approximate surface area is 165 Å². The van der Waals surface area contributed by atoms with E-state index in [1.54, 1.807) is 19.1 Å². The minimum absolute atomic E-state index is 0.0193. The first-order valence-corrected chi connectivity index (χ1v) is 10.7. The average molecular weight is 426 g/mol. The normalized spacial score (nSPS) is 16.0. The molecule has 0 aromatic heterocycles. The molecule has 1 heterocycles. The van der Waals surface area contributed by atoms with E-state index in [0.717, 1.165) is 28.2 Å². The molecule has 1 aliphatic rings. The fourth-order valence-electron chi connectivity index (χ4n) is 2.66. The highest BCUT2D eigenvalue weighted by molar-refractivity contribution is 8.00. The summed E-state index contributed by atoms with van der Waals surface area (Å²) in [5.41, 5.74) is 0.251. The van der Waals surface area contributed by atoms with E-state index in [-0.39, 0.29) is 28.4 Å². The fraction of sp³-hybridized carbons (Fsp3) is 0.222. The summed E-state index contributed by atoms with van der Waals surface area (Å²) in [5, 5.41) is 1.86. The Morgan fingerprint density at radius 3 is 2.57 bits per heavy atom. The minimum atomic E-state index is -3.88. The second-order valence-corrected chi connectivity index (χ2v) is 9.29. The van der Waals surface area contributed by atoms with E-state index in [1.807, 2.05) is 0 Å². The van der Waals surface area contributed by atoms with E-state index < -0.39 is 38.7 Å². The minimum Gasteiger partial charge on any atom is -0.325 e. The third-order valence-corrected chi connectivity index (χ3v) is 7.10. The fourth-order valence-corrected chi connectivity index (χ4v) is 5.19. The van der Waals surface area contributed by atoms with Crippen molar-refractivity contribution < 1.29 is 26.8 Å². The highest BCUT2D eigenvalue weighted by Gasteiger charge is 2.40. The smallest absolute Gasteiger partial charge is 0.269 e. The molecule has 6 nitrogen and oxygen atoms in total. The molecule has 0 spiro atoms. The molecular formula is C18H16F2N2O4S2. The molecule has 2 aromatic carbocycles. The molecule has 148 valence electrons. The Bertz CT molecular complexity index is 1040. The van der Waals surface area contributed by atoms with Crippen LogP contribution in [0.1, 0.15) is 17.3 Å². The van der Waals surface area contributed by atoms with Crippen LogP contribution < -0.4 is 5.32 Å². The summed E-state index contributed by atoms with van der Waals surface area (Å²) in [5.74, 6) is -2.93. The van der Waals surface area contributed by atoms with Gasteiger partial charge >= 0.3 is 0 Å². The highest BCUT2D eigenvalue weighted by atomic mass is 32.2. The van der Waals surface area contributed by atoms with E-state index in [9.17, 15) is 26.8 Å². The maximum Gasteiger partial charge on any atom is 0.269 e. The molecule has 2 aromatic rings. The van der Waals surface area contributed by atoms with Crippen molar-refractivity contribution in [1.82, 2.24) is 4.31 Å². The zero-order valence-electron chi connectivity index (χ0n) is 14.7. The van der Waals surface area contributed by atoms with Gasteiger partial charge in [0.15, 0.2) is 11.6 Å². The summed E-state index contributed by atoms with van der Waals surface area (Å²) >= 11 is 1.14. The summed E-state index contributed by atoms with van der Waals surface area (Å²) in [6, 6.07) is 9.00. The third kappa shape index (κ3) is 3.88. The first kappa shape index (κ1) is 20.3. The Hall–Kier alpha value is -2.46. The molecule has 0 radical (unpaired) electrons. The Kier molecular flexibility index (Phi) is 5.71. The number of nitrogens with one attached hydrogen (secondary N) is 1. The van der Waals surface area contributed by atoms with Gasteiger partial charge in [0.1, 0.15) is 4.90 Å². The number of sulfonamides is 1. The van der Waals surface area contributed by atoms with Crippen LogP contribution in [0.15, 0.2) is 47.4 Å². The molecule has 1 aliphatic heterocycles. The number of fused-ring (bicyclic) bond motifs is 1. The zero-order chi connectivity index (χ0) is 20.5. The quantitative estimate of drug-likeness (QED) is 0.768. The summed E-state index contributed by atoms with van der Waals surface area (Å²) in [7, 11) is -3.88. The van der Waals surface area contributed by atoms with Crippen LogP contribution in [0.2, 0.25) is 0 Å². The maximum absolute atomic E-state index is 13.2. The van der Waals surface area contributed by atoms with Crippen molar-refractivity contribution in [1.29, 1.82) is 0 Å². The van der Waals surface area contributed by atoms with Gasteiger partial charge in [0.25, 0.3) is 15.9 Å². The molecule has 0 bridgehead atoms. The van der Waals surface area contributed by atoms with Gasteiger partial charge in [-0.3, -0.25) is 9.59 Å². The van der Waals surface area contributed by atoms with Crippen molar-refractivity contribution in [3.8, 4) is 0 Å². The Balaban J connectivity index is 1.57. The van der Waals surface area contributed by atoms with Crippen LogP contribution in [0, 0.1) is 11.6 Å². The van der Waals surface area contributed by atoms with Crippen molar-refractivity contribution in [2.45, 2.75) is 17.1 Å². The number of thioether (sulfide) groups is 1.